The van der Waals surface area contributed by atoms with Gasteiger partial charge in [0.05, 0.1) is 5.69 Å². The molecule has 0 atom stereocenters. The Morgan fingerprint density at radius 1 is 1.30 bits per heavy atom. The Labute approximate surface area is 146 Å². The SMILES string of the molecule is C=CCN(C(=O)c1ccc(Br)o1)c1nc(-c2ccccc2)cs1. The normalized spacial score (nSPS) is 10.5. The van der Waals surface area contributed by atoms with Crippen LogP contribution in [0.5, 0.6) is 0 Å². The van der Waals surface area contributed by atoms with E-state index in [0.29, 0.717) is 16.3 Å². The van der Waals surface area contributed by atoms with Gasteiger partial charge in [-0.2, -0.15) is 0 Å². The summed E-state index contributed by atoms with van der Waals surface area (Å²) in [7, 11) is 0. The molecule has 0 saturated heterocycles. The molecule has 2 heterocycles. The molecular weight excluding hydrogens is 376 g/mol. The average Bonchev–Trinajstić information content (AvgIpc) is 3.22. The number of thiazole rings is 1. The van der Waals surface area contributed by atoms with Crippen LogP contribution in [0.4, 0.5) is 5.13 Å². The molecule has 3 aromatic rings. The Bertz CT molecular complexity index is 826. The van der Waals surface area contributed by atoms with Gasteiger partial charge in [0.1, 0.15) is 0 Å². The van der Waals surface area contributed by atoms with Crippen LogP contribution in [0.15, 0.2) is 69.6 Å². The quantitative estimate of drug-likeness (QED) is 0.577. The maximum atomic E-state index is 12.6. The summed E-state index contributed by atoms with van der Waals surface area (Å²) >= 11 is 4.62. The molecular formula is C17H13BrN2O2S. The van der Waals surface area contributed by atoms with Gasteiger partial charge in [0.15, 0.2) is 15.6 Å². The number of carbonyl (C=O) groups is 1. The van der Waals surface area contributed by atoms with Crippen LogP contribution < -0.4 is 4.90 Å². The van der Waals surface area contributed by atoms with E-state index >= 15 is 0 Å². The van der Waals surface area contributed by atoms with Crippen molar-refractivity contribution in [3.63, 3.8) is 0 Å². The molecule has 1 amide bonds. The van der Waals surface area contributed by atoms with E-state index in [-0.39, 0.29) is 11.7 Å². The van der Waals surface area contributed by atoms with Crippen molar-refractivity contribution in [3.05, 3.63) is 70.9 Å². The number of nitrogens with zero attached hydrogens (tertiary/aromatic N) is 2. The lowest BCUT2D eigenvalue weighted by Gasteiger charge is -2.16. The fraction of sp³-hybridized carbons (Fsp3) is 0.0588. The number of carbonyl (C=O) groups excluding carboxylic acids is 1. The van der Waals surface area contributed by atoms with Crippen LogP contribution in [0.2, 0.25) is 0 Å². The summed E-state index contributed by atoms with van der Waals surface area (Å²) in [6.45, 7) is 4.08. The zero-order valence-electron chi connectivity index (χ0n) is 12.1. The van der Waals surface area contributed by atoms with Crippen molar-refractivity contribution in [2.75, 3.05) is 11.4 Å². The molecule has 0 radical (unpaired) electrons. The summed E-state index contributed by atoms with van der Waals surface area (Å²) in [5.41, 5.74) is 1.86. The van der Waals surface area contributed by atoms with Crippen molar-refractivity contribution in [2.45, 2.75) is 0 Å². The van der Waals surface area contributed by atoms with Gasteiger partial charge in [-0.15, -0.1) is 17.9 Å². The Morgan fingerprint density at radius 3 is 2.74 bits per heavy atom. The van der Waals surface area contributed by atoms with Gasteiger partial charge < -0.3 is 4.42 Å². The van der Waals surface area contributed by atoms with Gasteiger partial charge in [0.2, 0.25) is 0 Å². The number of anilines is 1. The monoisotopic (exact) mass is 388 g/mol. The molecule has 0 aliphatic heterocycles. The van der Waals surface area contributed by atoms with Crippen LogP contribution >= 0.6 is 27.3 Å². The summed E-state index contributed by atoms with van der Waals surface area (Å²) in [4.78, 5) is 18.8. The van der Waals surface area contributed by atoms with Crippen LogP contribution in [0, 0.1) is 0 Å². The Morgan fingerprint density at radius 2 is 2.09 bits per heavy atom. The van der Waals surface area contributed by atoms with E-state index in [1.807, 2.05) is 35.7 Å². The molecule has 0 fully saturated rings. The molecule has 0 N–H and O–H groups in total. The van der Waals surface area contributed by atoms with Gasteiger partial charge >= 0.3 is 0 Å². The van der Waals surface area contributed by atoms with Crippen molar-refractivity contribution >= 4 is 38.3 Å². The van der Waals surface area contributed by atoms with Crippen LogP contribution in [-0.4, -0.2) is 17.4 Å². The number of hydrogen-bond acceptors (Lipinski definition) is 4. The molecule has 4 nitrogen and oxygen atoms in total. The second kappa shape index (κ2) is 6.93. The second-order valence-corrected chi connectivity index (χ2v) is 6.31. The number of hydrogen-bond donors (Lipinski definition) is 0. The molecule has 1 aromatic carbocycles. The van der Waals surface area contributed by atoms with Crippen molar-refractivity contribution < 1.29 is 9.21 Å². The first-order chi connectivity index (χ1) is 11.2. The third kappa shape index (κ3) is 3.43. The first-order valence-corrected chi connectivity index (χ1v) is 8.55. The summed E-state index contributed by atoms with van der Waals surface area (Å²) < 4.78 is 5.87. The minimum absolute atomic E-state index is 0.246. The highest BCUT2D eigenvalue weighted by Gasteiger charge is 2.22. The zero-order chi connectivity index (χ0) is 16.2. The third-order valence-electron chi connectivity index (χ3n) is 3.13. The van der Waals surface area contributed by atoms with E-state index < -0.39 is 0 Å². The van der Waals surface area contributed by atoms with Gasteiger partial charge in [-0.25, -0.2) is 4.98 Å². The number of halogens is 1. The van der Waals surface area contributed by atoms with E-state index in [2.05, 4.69) is 27.5 Å². The van der Waals surface area contributed by atoms with Crippen LogP contribution in [0.3, 0.4) is 0 Å². The standard InChI is InChI=1S/C17H13BrN2O2S/c1-2-10-20(16(21)14-8-9-15(18)22-14)17-19-13(11-23-17)12-6-4-3-5-7-12/h2-9,11H,1,10H2. The van der Waals surface area contributed by atoms with Crippen LogP contribution in [0.25, 0.3) is 11.3 Å². The number of furan rings is 1. The Balaban J connectivity index is 1.91. The van der Waals surface area contributed by atoms with Crippen LogP contribution in [-0.2, 0) is 0 Å². The molecule has 6 heteroatoms. The minimum Gasteiger partial charge on any atom is -0.444 e. The van der Waals surface area contributed by atoms with Crippen LogP contribution in [0.1, 0.15) is 10.6 Å². The van der Waals surface area contributed by atoms with Gasteiger partial charge in [0.25, 0.3) is 5.91 Å². The summed E-state index contributed by atoms with van der Waals surface area (Å²) in [6.07, 6.45) is 1.67. The molecule has 116 valence electrons. The van der Waals surface area contributed by atoms with E-state index in [4.69, 9.17) is 4.42 Å². The first kappa shape index (κ1) is 15.7. The van der Waals surface area contributed by atoms with E-state index in [0.717, 1.165) is 11.3 Å². The molecule has 2 aromatic heterocycles. The highest BCUT2D eigenvalue weighted by atomic mass is 79.9. The highest BCUT2D eigenvalue weighted by Crippen LogP contribution is 2.28. The van der Waals surface area contributed by atoms with Gasteiger partial charge in [0, 0.05) is 17.5 Å². The fourth-order valence-corrected chi connectivity index (χ4v) is 3.22. The summed E-state index contributed by atoms with van der Waals surface area (Å²) in [5.74, 6) is 0.0137. The van der Waals surface area contributed by atoms with Gasteiger partial charge in [-0.05, 0) is 28.1 Å². The summed E-state index contributed by atoms with van der Waals surface area (Å²) in [5, 5.41) is 2.55. The third-order valence-corrected chi connectivity index (χ3v) is 4.42. The predicted octanol–water partition coefficient (Wildman–Crippen LogP) is 5.00. The Hall–Kier alpha value is -2.18. The highest BCUT2D eigenvalue weighted by molar-refractivity contribution is 9.10. The van der Waals surface area contributed by atoms with Crippen molar-refractivity contribution in [1.82, 2.24) is 4.98 Å². The van der Waals surface area contributed by atoms with Gasteiger partial charge in [-0.3, -0.25) is 9.69 Å². The summed E-state index contributed by atoms with van der Waals surface area (Å²) in [6, 6.07) is 13.2. The topological polar surface area (TPSA) is 46.3 Å². The molecule has 0 aliphatic carbocycles. The van der Waals surface area contributed by atoms with E-state index in [1.165, 1.54) is 11.3 Å². The van der Waals surface area contributed by atoms with E-state index in [1.54, 1.807) is 23.1 Å². The maximum Gasteiger partial charge on any atom is 0.296 e. The lowest BCUT2D eigenvalue weighted by atomic mass is 10.2. The van der Waals surface area contributed by atoms with Gasteiger partial charge in [-0.1, -0.05) is 36.4 Å². The Kier molecular flexibility index (Phi) is 4.73. The molecule has 3 rings (SSSR count). The average molecular weight is 389 g/mol. The van der Waals surface area contributed by atoms with E-state index in [9.17, 15) is 4.79 Å². The first-order valence-electron chi connectivity index (χ1n) is 6.88. The number of benzene rings is 1. The number of amides is 1. The zero-order valence-corrected chi connectivity index (χ0v) is 14.5. The second-order valence-electron chi connectivity index (χ2n) is 4.69. The molecule has 0 spiro atoms. The largest absolute Gasteiger partial charge is 0.444 e. The van der Waals surface area contributed by atoms with Crippen molar-refractivity contribution in [2.24, 2.45) is 0 Å². The number of rotatable bonds is 5. The molecule has 23 heavy (non-hydrogen) atoms. The lowest BCUT2D eigenvalue weighted by Crippen LogP contribution is -2.30. The maximum absolute atomic E-state index is 12.6. The number of aromatic nitrogens is 1. The molecule has 0 unspecified atom stereocenters. The molecule has 0 bridgehead atoms. The van der Waals surface area contributed by atoms with Crippen molar-refractivity contribution in [1.29, 1.82) is 0 Å². The minimum atomic E-state index is -0.246. The lowest BCUT2D eigenvalue weighted by molar-refractivity contribution is 0.0962. The van der Waals surface area contributed by atoms with Crippen molar-refractivity contribution in [3.8, 4) is 11.3 Å². The molecule has 0 aliphatic rings. The molecule has 0 saturated carbocycles. The predicted molar refractivity (Wildman–Crippen MR) is 95.8 cm³/mol. The smallest absolute Gasteiger partial charge is 0.296 e. The fourth-order valence-electron chi connectivity index (χ4n) is 2.07.